The zero-order chi connectivity index (χ0) is 19.1. The molecule has 0 spiro atoms. The summed E-state index contributed by atoms with van der Waals surface area (Å²) >= 11 is 0. The van der Waals surface area contributed by atoms with Crippen molar-refractivity contribution in [3.63, 3.8) is 0 Å². The lowest BCUT2D eigenvalue weighted by molar-refractivity contribution is -0.162. The number of allylic oxidation sites excluding steroid dienone is 2. The van der Waals surface area contributed by atoms with Gasteiger partial charge in [-0.15, -0.1) is 0 Å². The Balaban J connectivity index is 2.90. The Morgan fingerprint density at radius 2 is 1.96 bits per heavy atom. The number of aliphatic carboxylic acids is 1. The van der Waals surface area contributed by atoms with E-state index in [2.05, 4.69) is 11.8 Å². The maximum atomic E-state index is 13.0. The van der Waals surface area contributed by atoms with Crippen LogP contribution in [0, 0.1) is 17.8 Å². The molecular formula is C16H20F3O5P. The van der Waals surface area contributed by atoms with Crippen LogP contribution in [0.15, 0.2) is 23.3 Å². The summed E-state index contributed by atoms with van der Waals surface area (Å²) in [6.45, 7) is 3.66. The number of hydrogen-bond donors (Lipinski definition) is 1. The van der Waals surface area contributed by atoms with E-state index in [9.17, 15) is 22.5 Å². The van der Waals surface area contributed by atoms with E-state index in [-0.39, 0.29) is 36.9 Å². The zero-order valence-electron chi connectivity index (χ0n) is 13.9. The molecule has 9 heteroatoms. The van der Waals surface area contributed by atoms with Crippen molar-refractivity contribution in [2.45, 2.75) is 32.9 Å². The second-order valence-electron chi connectivity index (χ2n) is 5.12. The Labute approximate surface area is 144 Å². The average molecular weight is 380 g/mol. The van der Waals surface area contributed by atoms with Crippen LogP contribution in [0.5, 0.6) is 0 Å². The topological polar surface area (TPSA) is 72.8 Å². The Kier molecular flexibility index (Phi) is 7.94. The molecule has 0 fully saturated rings. The normalized spacial score (nSPS) is 18.0. The summed E-state index contributed by atoms with van der Waals surface area (Å²) in [5, 5.41) is 8.93. The fourth-order valence-electron chi connectivity index (χ4n) is 2.20. The van der Waals surface area contributed by atoms with Gasteiger partial charge in [0, 0.05) is 12.0 Å². The van der Waals surface area contributed by atoms with Gasteiger partial charge in [0.2, 0.25) is 0 Å². The van der Waals surface area contributed by atoms with E-state index >= 15 is 0 Å². The maximum absolute atomic E-state index is 13.0. The lowest BCUT2D eigenvalue weighted by Gasteiger charge is -2.22. The first kappa shape index (κ1) is 21.5. The van der Waals surface area contributed by atoms with Crippen LogP contribution < -0.4 is 0 Å². The molecule has 1 unspecified atom stereocenters. The molecule has 0 aromatic carbocycles. The highest BCUT2D eigenvalue weighted by Gasteiger charge is 2.42. The molecule has 0 aliphatic heterocycles. The molecule has 0 saturated heterocycles. The second-order valence-corrected chi connectivity index (χ2v) is 7.30. The van der Waals surface area contributed by atoms with E-state index in [0.29, 0.717) is 0 Å². The quantitative estimate of drug-likeness (QED) is 0.530. The standard InChI is InChI=1S/C16H20F3O5P/c1-3-23-25(22,24-4-2)10-6-5-7-12-11-13(15(20)21)8-9-14(12)16(17,18)19/h8,11,14H,3-4,6,9-10H2,1-2H3,(H,20,21). The van der Waals surface area contributed by atoms with Crippen molar-refractivity contribution in [2.75, 3.05) is 19.4 Å². The zero-order valence-corrected chi connectivity index (χ0v) is 14.8. The number of alkyl halides is 3. The molecule has 0 bridgehead atoms. The van der Waals surface area contributed by atoms with Crippen molar-refractivity contribution in [3.8, 4) is 11.8 Å². The average Bonchev–Trinajstić information content (AvgIpc) is 2.51. The summed E-state index contributed by atoms with van der Waals surface area (Å²) < 4.78 is 61.5. The van der Waals surface area contributed by atoms with E-state index in [0.717, 1.165) is 12.2 Å². The number of hydrogen-bond acceptors (Lipinski definition) is 4. The maximum Gasteiger partial charge on any atom is 0.396 e. The molecule has 0 radical (unpaired) electrons. The van der Waals surface area contributed by atoms with Gasteiger partial charge in [-0.3, -0.25) is 4.57 Å². The minimum atomic E-state index is -4.52. The van der Waals surface area contributed by atoms with E-state index in [1.54, 1.807) is 13.8 Å². The van der Waals surface area contributed by atoms with Crippen LogP contribution >= 0.6 is 7.60 Å². The third-order valence-electron chi connectivity index (χ3n) is 3.30. The van der Waals surface area contributed by atoms with Crippen LogP contribution in [0.3, 0.4) is 0 Å². The molecule has 1 rings (SSSR count). The molecule has 0 amide bonds. The Morgan fingerprint density at radius 1 is 1.36 bits per heavy atom. The van der Waals surface area contributed by atoms with Crippen molar-refractivity contribution >= 4 is 13.6 Å². The number of carboxylic acids is 1. The van der Waals surface area contributed by atoms with Gasteiger partial charge in [-0.1, -0.05) is 17.9 Å². The van der Waals surface area contributed by atoms with Crippen LogP contribution in [-0.4, -0.2) is 36.6 Å². The lowest BCUT2D eigenvalue weighted by atomic mass is 9.88. The molecule has 0 aromatic heterocycles. The highest BCUT2D eigenvalue weighted by atomic mass is 31.2. The largest absolute Gasteiger partial charge is 0.478 e. The first-order valence-corrected chi connectivity index (χ1v) is 9.44. The molecule has 1 aliphatic carbocycles. The molecule has 1 aliphatic rings. The molecule has 0 saturated carbocycles. The van der Waals surface area contributed by atoms with Crippen molar-refractivity contribution in [1.82, 2.24) is 0 Å². The molecule has 1 N–H and O–H groups in total. The van der Waals surface area contributed by atoms with Gasteiger partial charge < -0.3 is 14.2 Å². The smallest absolute Gasteiger partial charge is 0.396 e. The second kappa shape index (κ2) is 9.23. The van der Waals surface area contributed by atoms with Gasteiger partial charge in [-0.05, 0) is 26.3 Å². The van der Waals surface area contributed by atoms with E-state index in [1.165, 1.54) is 0 Å². The first-order valence-electron chi connectivity index (χ1n) is 7.71. The van der Waals surface area contributed by atoms with Crippen LogP contribution in [0.4, 0.5) is 13.2 Å². The summed E-state index contributed by atoms with van der Waals surface area (Å²) in [7, 11) is -3.31. The fourth-order valence-corrected chi connectivity index (χ4v) is 3.70. The summed E-state index contributed by atoms with van der Waals surface area (Å²) in [6.07, 6.45) is -3.07. The van der Waals surface area contributed by atoms with Crippen LogP contribution in [-0.2, 0) is 18.4 Å². The SMILES string of the molecule is CCOP(=O)(CCC#CC1=CC(C(=O)O)=CCC1C(F)(F)F)OCC. The highest BCUT2D eigenvalue weighted by Crippen LogP contribution is 2.48. The van der Waals surface area contributed by atoms with Gasteiger partial charge in [0.15, 0.2) is 0 Å². The first-order chi connectivity index (χ1) is 11.6. The van der Waals surface area contributed by atoms with Gasteiger partial charge in [0.1, 0.15) is 0 Å². The molecular weight excluding hydrogens is 360 g/mol. The Morgan fingerprint density at radius 3 is 2.44 bits per heavy atom. The van der Waals surface area contributed by atoms with E-state index < -0.39 is 32.1 Å². The van der Waals surface area contributed by atoms with E-state index in [4.69, 9.17) is 14.2 Å². The molecule has 25 heavy (non-hydrogen) atoms. The van der Waals surface area contributed by atoms with Crippen LogP contribution in [0.1, 0.15) is 26.7 Å². The number of carboxylic acid groups (broad SMARTS) is 1. The Bertz CT molecular complexity index is 645. The van der Waals surface area contributed by atoms with Gasteiger partial charge in [0.25, 0.3) is 0 Å². The summed E-state index contributed by atoms with van der Waals surface area (Å²) in [5.74, 6) is 1.75. The summed E-state index contributed by atoms with van der Waals surface area (Å²) in [5.41, 5.74) is -0.533. The van der Waals surface area contributed by atoms with Crippen molar-refractivity contribution in [1.29, 1.82) is 0 Å². The molecule has 140 valence electrons. The van der Waals surface area contributed by atoms with Crippen molar-refractivity contribution in [2.24, 2.45) is 5.92 Å². The predicted molar refractivity (Wildman–Crippen MR) is 86.1 cm³/mol. The summed E-state index contributed by atoms with van der Waals surface area (Å²) in [6, 6.07) is 0. The lowest BCUT2D eigenvalue weighted by Crippen LogP contribution is -2.26. The number of halogens is 3. The minimum absolute atomic E-state index is 0.00527. The minimum Gasteiger partial charge on any atom is -0.478 e. The van der Waals surface area contributed by atoms with E-state index in [1.807, 2.05) is 0 Å². The third-order valence-corrected chi connectivity index (χ3v) is 5.37. The van der Waals surface area contributed by atoms with Gasteiger partial charge in [-0.25, -0.2) is 4.79 Å². The van der Waals surface area contributed by atoms with Crippen molar-refractivity contribution < 1.29 is 36.7 Å². The number of rotatable bonds is 7. The third kappa shape index (κ3) is 6.69. The molecule has 0 heterocycles. The van der Waals surface area contributed by atoms with Crippen LogP contribution in [0.25, 0.3) is 0 Å². The van der Waals surface area contributed by atoms with Crippen LogP contribution in [0.2, 0.25) is 0 Å². The number of carbonyl (C=O) groups is 1. The Hall–Kier alpha value is -1.55. The monoisotopic (exact) mass is 380 g/mol. The molecule has 0 aromatic rings. The molecule has 5 nitrogen and oxygen atoms in total. The van der Waals surface area contributed by atoms with Crippen molar-refractivity contribution in [3.05, 3.63) is 23.3 Å². The predicted octanol–water partition coefficient (Wildman–Crippen LogP) is 4.17. The van der Waals surface area contributed by atoms with Gasteiger partial charge >= 0.3 is 19.7 Å². The van der Waals surface area contributed by atoms with Gasteiger partial charge in [0.05, 0.1) is 30.9 Å². The highest BCUT2D eigenvalue weighted by molar-refractivity contribution is 7.53. The fraction of sp³-hybridized carbons (Fsp3) is 0.562. The van der Waals surface area contributed by atoms with Gasteiger partial charge in [-0.2, -0.15) is 13.2 Å². The molecule has 1 atom stereocenters. The summed E-state index contributed by atoms with van der Waals surface area (Å²) in [4.78, 5) is 10.9.